The Balaban J connectivity index is 2.95. The number of hydrogen-bond acceptors (Lipinski definition) is 4. The van der Waals surface area contributed by atoms with Gasteiger partial charge in [0.1, 0.15) is 0 Å². The molecule has 1 rings (SSSR count). The van der Waals surface area contributed by atoms with Crippen molar-refractivity contribution in [3.63, 3.8) is 0 Å². The highest BCUT2D eigenvalue weighted by atomic mass is 16.6. The Morgan fingerprint density at radius 3 is 2.67 bits per heavy atom. The second kappa shape index (κ2) is 8.24. The quantitative estimate of drug-likeness (QED) is 0.569. The summed E-state index contributed by atoms with van der Waals surface area (Å²) in [5.41, 5.74) is 0.871. The maximum absolute atomic E-state index is 12.3. The predicted molar refractivity (Wildman–Crippen MR) is 83.7 cm³/mol. The fourth-order valence-electron chi connectivity index (χ4n) is 1.75. The average Bonchev–Trinajstić information content (AvgIpc) is 2.49. The van der Waals surface area contributed by atoms with E-state index in [-0.39, 0.29) is 11.6 Å². The number of carbonyl (C=O) groups is 1. The topological polar surface area (TPSA) is 84.3 Å². The number of nitrogens with one attached hydrogen (secondary N) is 2. The standard InChI is InChI=1S/C15H23N3O3/c1-4-8-16-14-7-6-12(18(20)21)9-13(14)15(19)17-10-11(3)5-2/h6-7,9,11,16H,4-5,8,10H2,1-3H3,(H,17,19). The first kappa shape index (κ1) is 16.9. The Kier molecular flexibility index (Phi) is 6.65. The molecule has 21 heavy (non-hydrogen) atoms. The zero-order valence-corrected chi connectivity index (χ0v) is 12.8. The normalized spacial score (nSPS) is 11.8. The number of nitro benzene ring substituents is 1. The molecule has 0 spiro atoms. The molecule has 0 saturated carbocycles. The van der Waals surface area contributed by atoms with Crippen LogP contribution in [0.25, 0.3) is 0 Å². The molecule has 1 aromatic carbocycles. The summed E-state index contributed by atoms with van der Waals surface area (Å²) in [6.45, 7) is 7.39. The van der Waals surface area contributed by atoms with Gasteiger partial charge in [0.05, 0.1) is 10.5 Å². The van der Waals surface area contributed by atoms with Gasteiger partial charge < -0.3 is 10.6 Å². The van der Waals surface area contributed by atoms with E-state index in [1.807, 2.05) is 13.8 Å². The second-order valence-corrected chi connectivity index (χ2v) is 5.14. The third kappa shape index (κ3) is 5.06. The van der Waals surface area contributed by atoms with Gasteiger partial charge in [0.2, 0.25) is 0 Å². The van der Waals surface area contributed by atoms with E-state index >= 15 is 0 Å². The average molecular weight is 293 g/mol. The summed E-state index contributed by atoms with van der Waals surface area (Å²) in [5.74, 6) is 0.0947. The molecule has 0 aromatic heterocycles. The number of nitro groups is 1. The molecule has 1 aromatic rings. The zero-order valence-electron chi connectivity index (χ0n) is 12.8. The van der Waals surface area contributed by atoms with Crippen molar-refractivity contribution in [2.45, 2.75) is 33.6 Å². The smallest absolute Gasteiger partial charge is 0.270 e. The molecule has 0 radical (unpaired) electrons. The van der Waals surface area contributed by atoms with Crippen LogP contribution in [0.1, 0.15) is 44.0 Å². The van der Waals surface area contributed by atoms with Gasteiger partial charge in [-0.15, -0.1) is 0 Å². The number of rotatable bonds is 8. The van der Waals surface area contributed by atoms with Gasteiger partial charge in [0.25, 0.3) is 11.6 Å². The van der Waals surface area contributed by atoms with Crippen molar-refractivity contribution >= 4 is 17.3 Å². The number of carbonyl (C=O) groups excluding carboxylic acids is 1. The van der Waals surface area contributed by atoms with Gasteiger partial charge in [-0.3, -0.25) is 14.9 Å². The van der Waals surface area contributed by atoms with Gasteiger partial charge in [-0.1, -0.05) is 27.2 Å². The Hall–Kier alpha value is -2.11. The number of non-ortho nitro benzene ring substituents is 1. The van der Waals surface area contributed by atoms with E-state index in [4.69, 9.17) is 0 Å². The minimum absolute atomic E-state index is 0.0780. The fraction of sp³-hybridized carbons (Fsp3) is 0.533. The van der Waals surface area contributed by atoms with E-state index in [1.54, 1.807) is 6.07 Å². The minimum atomic E-state index is -0.491. The Morgan fingerprint density at radius 2 is 2.10 bits per heavy atom. The summed E-state index contributed by atoms with van der Waals surface area (Å²) in [4.78, 5) is 22.6. The van der Waals surface area contributed by atoms with Gasteiger partial charge in [0.15, 0.2) is 0 Å². The second-order valence-electron chi connectivity index (χ2n) is 5.14. The van der Waals surface area contributed by atoms with Crippen LogP contribution in [0, 0.1) is 16.0 Å². The van der Waals surface area contributed by atoms with Crippen molar-refractivity contribution < 1.29 is 9.72 Å². The third-order valence-corrected chi connectivity index (χ3v) is 3.33. The van der Waals surface area contributed by atoms with Crippen molar-refractivity contribution in [1.29, 1.82) is 0 Å². The van der Waals surface area contributed by atoms with Crippen LogP contribution in [-0.2, 0) is 0 Å². The molecule has 0 aliphatic carbocycles. The van der Waals surface area contributed by atoms with Crippen LogP contribution in [0.3, 0.4) is 0 Å². The SMILES string of the molecule is CCCNc1ccc([N+](=O)[O-])cc1C(=O)NCC(C)CC. The van der Waals surface area contributed by atoms with Crippen LogP contribution in [0.2, 0.25) is 0 Å². The van der Waals surface area contributed by atoms with Crippen molar-refractivity contribution in [2.24, 2.45) is 5.92 Å². The molecular weight excluding hydrogens is 270 g/mol. The lowest BCUT2D eigenvalue weighted by atomic mass is 10.1. The van der Waals surface area contributed by atoms with E-state index in [2.05, 4.69) is 17.6 Å². The molecular formula is C15H23N3O3. The first-order valence-electron chi connectivity index (χ1n) is 7.30. The first-order chi connectivity index (χ1) is 9.99. The Bertz CT molecular complexity index is 503. The fourth-order valence-corrected chi connectivity index (χ4v) is 1.75. The molecule has 0 heterocycles. The summed E-state index contributed by atoms with van der Waals surface area (Å²) >= 11 is 0. The molecule has 6 nitrogen and oxygen atoms in total. The van der Waals surface area contributed by atoms with E-state index in [1.165, 1.54) is 12.1 Å². The third-order valence-electron chi connectivity index (χ3n) is 3.33. The maximum Gasteiger partial charge on any atom is 0.270 e. The van der Waals surface area contributed by atoms with Crippen LogP contribution >= 0.6 is 0 Å². The lowest BCUT2D eigenvalue weighted by molar-refractivity contribution is -0.384. The van der Waals surface area contributed by atoms with Gasteiger partial charge >= 0.3 is 0 Å². The maximum atomic E-state index is 12.3. The Labute approximate surface area is 125 Å². The monoisotopic (exact) mass is 293 g/mol. The van der Waals surface area contributed by atoms with Crippen LogP contribution in [-0.4, -0.2) is 23.9 Å². The van der Waals surface area contributed by atoms with Crippen LogP contribution in [0.5, 0.6) is 0 Å². The van der Waals surface area contributed by atoms with Crippen molar-refractivity contribution in [3.05, 3.63) is 33.9 Å². The molecule has 0 bridgehead atoms. The molecule has 1 atom stereocenters. The number of anilines is 1. The zero-order chi connectivity index (χ0) is 15.8. The highest BCUT2D eigenvalue weighted by molar-refractivity contribution is 6.00. The molecule has 6 heteroatoms. The van der Waals surface area contributed by atoms with Gasteiger partial charge in [0, 0.05) is 30.9 Å². The van der Waals surface area contributed by atoms with Gasteiger partial charge in [-0.25, -0.2) is 0 Å². The number of hydrogen-bond donors (Lipinski definition) is 2. The summed E-state index contributed by atoms with van der Waals surface area (Å²) in [6.07, 6.45) is 1.88. The molecule has 0 aliphatic rings. The number of benzene rings is 1. The number of nitrogens with zero attached hydrogens (tertiary/aromatic N) is 1. The van der Waals surface area contributed by atoms with Crippen LogP contribution in [0.15, 0.2) is 18.2 Å². The molecule has 0 saturated heterocycles. The van der Waals surface area contributed by atoms with E-state index < -0.39 is 4.92 Å². The molecule has 1 unspecified atom stereocenters. The number of amides is 1. The van der Waals surface area contributed by atoms with E-state index in [0.29, 0.717) is 30.3 Å². The van der Waals surface area contributed by atoms with Crippen molar-refractivity contribution in [2.75, 3.05) is 18.4 Å². The molecule has 1 amide bonds. The van der Waals surface area contributed by atoms with Gasteiger partial charge in [-0.2, -0.15) is 0 Å². The summed E-state index contributed by atoms with van der Waals surface area (Å²) < 4.78 is 0. The summed E-state index contributed by atoms with van der Waals surface area (Å²) in [5, 5.41) is 16.8. The highest BCUT2D eigenvalue weighted by Gasteiger charge is 2.16. The Morgan fingerprint density at radius 1 is 1.38 bits per heavy atom. The first-order valence-corrected chi connectivity index (χ1v) is 7.30. The lowest BCUT2D eigenvalue weighted by Crippen LogP contribution is -2.28. The van der Waals surface area contributed by atoms with Crippen molar-refractivity contribution in [1.82, 2.24) is 5.32 Å². The van der Waals surface area contributed by atoms with E-state index in [9.17, 15) is 14.9 Å². The van der Waals surface area contributed by atoms with Crippen LogP contribution < -0.4 is 10.6 Å². The lowest BCUT2D eigenvalue weighted by Gasteiger charge is -2.13. The van der Waals surface area contributed by atoms with E-state index in [0.717, 1.165) is 12.8 Å². The molecule has 2 N–H and O–H groups in total. The minimum Gasteiger partial charge on any atom is -0.384 e. The predicted octanol–water partition coefficient (Wildman–Crippen LogP) is 3.19. The molecule has 0 aliphatic heterocycles. The summed E-state index contributed by atoms with van der Waals surface area (Å²) in [6, 6.07) is 4.32. The summed E-state index contributed by atoms with van der Waals surface area (Å²) in [7, 11) is 0. The highest BCUT2D eigenvalue weighted by Crippen LogP contribution is 2.22. The van der Waals surface area contributed by atoms with Crippen LogP contribution in [0.4, 0.5) is 11.4 Å². The van der Waals surface area contributed by atoms with Gasteiger partial charge in [-0.05, 0) is 18.4 Å². The molecule has 0 fully saturated rings. The largest absolute Gasteiger partial charge is 0.384 e. The van der Waals surface area contributed by atoms with Crippen molar-refractivity contribution in [3.8, 4) is 0 Å². The molecule has 116 valence electrons.